The molecule has 0 saturated carbocycles. The van der Waals surface area contributed by atoms with Gasteiger partial charge in [0.1, 0.15) is 12.1 Å². The summed E-state index contributed by atoms with van der Waals surface area (Å²) in [7, 11) is 0. The van der Waals surface area contributed by atoms with Crippen LogP contribution in [0.2, 0.25) is 0 Å². The van der Waals surface area contributed by atoms with E-state index >= 15 is 0 Å². The summed E-state index contributed by atoms with van der Waals surface area (Å²) in [6.45, 7) is 4.92. The SMILES string of the molecule is c1n[nH]c(Sc2ccc(CCCN3CCOCC3)o2)n1. The van der Waals surface area contributed by atoms with Gasteiger partial charge in [0, 0.05) is 19.5 Å². The molecule has 0 radical (unpaired) electrons. The van der Waals surface area contributed by atoms with Crippen molar-refractivity contribution in [2.45, 2.75) is 23.1 Å². The third-order valence-electron chi connectivity index (χ3n) is 3.23. The fourth-order valence-corrected chi connectivity index (χ4v) is 2.86. The average molecular weight is 294 g/mol. The van der Waals surface area contributed by atoms with Gasteiger partial charge in [-0.1, -0.05) is 0 Å². The second-order valence-electron chi connectivity index (χ2n) is 4.67. The van der Waals surface area contributed by atoms with E-state index in [1.807, 2.05) is 12.1 Å². The largest absolute Gasteiger partial charge is 0.454 e. The molecule has 20 heavy (non-hydrogen) atoms. The average Bonchev–Trinajstić information content (AvgIpc) is 3.13. The van der Waals surface area contributed by atoms with Gasteiger partial charge in [0.2, 0.25) is 0 Å². The van der Waals surface area contributed by atoms with Crippen LogP contribution in [0.3, 0.4) is 0 Å². The molecule has 6 nitrogen and oxygen atoms in total. The molecule has 2 aromatic heterocycles. The lowest BCUT2D eigenvalue weighted by molar-refractivity contribution is 0.0373. The topological polar surface area (TPSA) is 67.2 Å². The first-order valence-electron chi connectivity index (χ1n) is 6.82. The van der Waals surface area contributed by atoms with E-state index in [2.05, 4.69) is 20.1 Å². The summed E-state index contributed by atoms with van der Waals surface area (Å²) in [5.74, 6) is 1.03. The van der Waals surface area contributed by atoms with Crippen LogP contribution in [0.5, 0.6) is 0 Å². The number of furan rings is 1. The highest BCUT2D eigenvalue weighted by molar-refractivity contribution is 7.99. The Bertz CT molecular complexity index is 508. The van der Waals surface area contributed by atoms with E-state index in [1.54, 1.807) is 0 Å². The number of ether oxygens (including phenoxy) is 1. The molecule has 1 N–H and O–H groups in total. The predicted molar refractivity (Wildman–Crippen MR) is 74.8 cm³/mol. The molecule has 0 unspecified atom stereocenters. The third-order valence-corrected chi connectivity index (χ3v) is 4.04. The quantitative estimate of drug-likeness (QED) is 0.876. The zero-order valence-electron chi connectivity index (χ0n) is 11.2. The third kappa shape index (κ3) is 3.84. The number of nitrogens with zero attached hydrogens (tertiary/aromatic N) is 3. The highest BCUT2D eigenvalue weighted by Crippen LogP contribution is 2.26. The van der Waals surface area contributed by atoms with E-state index < -0.39 is 0 Å². The lowest BCUT2D eigenvalue weighted by Gasteiger charge is -2.26. The van der Waals surface area contributed by atoms with E-state index in [-0.39, 0.29) is 0 Å². The second-order valence-corrected chi connectivity index (χ2v) is 5.66. The summed E-state index contributed by atoms with van der Waals surface area (Å²) in [5.41, 5.74) is 0. The van der Waals surface area contributed by atoms with Gasteiger partial charge >= 0.3 is 0 Å². The summed E-state index contributed by atoms with van der Waals surface area (Å²) in [5, 5.41) is 8.22. The Morgan fingerprint density at radius 1 is 1.30 bits per heavy atom. The fourth-order valence-electron chi connectivity index (χ4n) is 2.19. The first kappa shape index (κ1) is 13.7. The zero-order chi connectivity index (χ0) is 13.6. The smallest absolute Gasteiger partial charge is 0.191 e. The van der Waals surface area contributed by atoms with Crippen LogP contribution in [0, 0.1) is 0 Å². The van der Waals surface area contributed by atoms with Crippen LogP contribution >= 0.6 is 11.8 Å². The van der Waals surface area contributed by atoms with Crippen LogP contribution in [-0.4, -0.2) is 52.9 Å². The molecule has 1 aliphatic heterocycles. The molecule has 1 saturated heterocycles. The van der Waals surface area contributed by atoms with Crippen molar-refractivity contribution in [3.05, 3.63) is 24.2 Å². The molecule has 108 valence electrons. The summed E-state index contributed by atoms with van der Waals surface area (Å²) in [4.78, 5) is 6.50. The van der Waals surface area contributed by atoms with Gasteiger partial charge in [-0.2, -0.15) is 5.10 Å². The van der Waals surface area contributed by atoms with Crippen molar-refractivity contribution in [3.63, 3.8) is 0 Å². The minimum absolute atomic E-state index is 0.749. The number of aromatic nitrogens is 3. The van der Waals surface area contributed by atoms with Crippen molar-refractivity contribution in [1.82, 2.24) is 20.1 Å². The second kappa shape index (κ2) is 6.92. The molecule has 1 fully saturated rings. The van der Waals surface area contributed by atoms with Crippen LogP contribution in [0.25, 0.3) is 0 Å². The molecule has 1 aliphatic rings. The first-order valence-corrected chi connectivity index (χ1v) is 7.64. The Hall–Kier alpha value is -1.31. The van der Waals surface area contributed by atoms with Gasteiger partial charge in [-0.15, -0.1) is 0 Å². The molecule has 0 aromatic carbocycles. The van der Waals surface area contributed by atoms with Gasteiger partial charge in [-0.05, 0) is 36.9 Å². The van der Waals surface area contributed by atoms with Crippen LogP contribution in [0.4, 0.5) is 0 Å². The van der Waals surface area contributed by atoms with E-state index in [1.165, 1.54) is 18.1 Å². The zero-order valence-corrected chi connectivity index (χ0v) is 12.1. The normalized spacial score (nSPS) is 16.6. The maximum absolute atomic E-state index is 5.78. The Morgan fingerprint density at radius 3 is 3.00 bits per heavy atom. The van der Waals surface area contributed by atoms with E-state index in [0.29, 0.717) is 0 Å². The number of nitrogens with one attached hydrogen (secondary N) is 1. The maximum atomic E-state index is 5.78. The van der Waals surface area contributed by atoms with E-state index in [4.69, 9.17) is 9.15 Å². The van der Waals surface area contributed by atoms with Gasteiger partial charge in [0.25, 0.3) is 0 Å². The Labute approximate surface area is 121 Å². The van der Waals surface area contributed by atoms with Gasteiger partial charge < -0.3 is 9.15 Å². The number of H-pyrrole nitrogens is 1. The van der Waals surface area contributed by atoms with E-state index in [9.17, 15) is 0 Å². The minimum atomic E-state index is 0.749. The molecule has 0 spiro atoms. The highest BCUT2D eigenvalue weighted by atomic mass is 32.2. The van der Waals surface area contributed by atoms with Crippen LogP contribution < -0.4 is 0 Å². The van der Waals surface area contributed by atoms with Crippen LogP contribution in [0.15, 0.2) is 33.1 Å². The monoisotopic (exact) mass is 294 g/mol. The molecule has 0 aliphatic carbocycles. The minimum Gasteiger partial charge on any atom is -0.454 e. The van der Waals surface area contributed by atoms with Crippen molar-refractivity contribution < 1.29 is 9.15 Å². The highest BCUT2D eigenvalue weighted by Gasteiger charge is 2.10. The van der Waals surface area contributed by atoms with Crippen molar-refractivity contribution in [2.24, 2.45) is 0 Å². The molecule has 0 bridgehead atoms. The molecule has 3 rings (SSSR count). The first-order chi connectivity index (χ1) is 9.90. The number of morpholine rings is 1. The summed E-state index contributed by atoms with van der Waals surface area (Å²) in [6, 6.07) is 4.02. The lowest BCUT2D eigenvalue weighted by Crippen LogP contribution is -2.36. The van der Waals surface area contributed by atoms with Crippen LogP contribution in [-0.2, 0) is 11.2 Å². The van der Waals surface area contributed by atoms with E-state index in [0.717, 1.165) is 61.7 Å². The number of hydrogen-bond donors (Lipinski definition) is 1. The Balaban J connectivity index is 1.42. The van der Waals surface area contributed by atoms with Gasteiger partial charge in [-0.3, -0.25) is 10.00 Å². The maximum Gasteiger partial charge on any atom is 0.191 e. The Kier molecular flexibility index (Phi) is 4.73. The number of aromatic amines is 1. The molecular formula is C13H18N4O2S. The van der Waals surface area contributed by atoms with Gasteiger partial charge in [0.15, 0.2) is 10.2 Å². The Morgan fingerprint density at radius 2 is 2.20 bits per heavy atom. The number of rotatable bonds is 6. The van der Waals surface area contributed by atoms with Gasteiger partial charge in [-0.25, -0.2) is 4.98 Å². The molecule has 0 atom stereocenters. The predicted octanol–water partition coefficient (Wildman–Crippen LogP) is 1.81. The van der Waals surface area contributed by atoms with Crippen molar-refractivity contribution in [3.8, 4) is 0 Å². The molecule has 7 heteroatoms. The van der Waals surface area contributed by atoms with Crippen molar-refractivity contribution >= 4 is 11.8 Å². The van der Waals surface area contributed by atoms with Crippen molar-refractivity contribution in [1.29, 1.82) is 0 Å². The van der Waals surface area contributed by atoms with Gasteiger partial charge in [0.05, 0.1) is 13.2 Å². The molecular weight excluding hydrogens is 276 g/mol. The summed E-state index contributed by atoms with van der Waals surface area (Å²) < 4.78 is 11.1. The number of hydrogen-bond acceptors (Lipinski definition) is 6. The molecule has 3 heterocycles. The molecule has 0 amide bonds. The standard InChI is InChI=1S/C13H18N4O2S/c1(5-17-6-8-18-9-7-17)2-11-3-4-12(19-11)20-13-14-10-15-16-13/h3-4,10H,1-2,5-9H2,(H,14,15,16). The van der Waals surface area contributed by atoms with Crippen molar-refractivity contribution in [2.75, 3.05) is 32.8 Å². The number of aryl methyl sites for hydroxylation is 1. The molecule has 2 aromatic rings. The summed E-state index contributed by atoms with van der Waals surface area (Å²) >= 11 is 1.45. The fraction of sp³-hybridized carbons (Fsp3) is 0.538. The van der Waals surface area contributed by atoms with Crippen LogP contribution in [0.1, 0.15) is 12.2 Å². The lowest BCUT2D eigenvalue weighted by atomic mass is 10.2. The summed E-state index contributed by atoms with van der Waals surface area (Å²) in [6.07, 6.45) is 3.57.